The van der Waals surface area contributed by atoms with Gasteiger partial charge in [-0.05, 0) is 18.2 Å². The number of ether oxygens (including phenoxy) is 3. The number of ketones is 1. The van der Waals surface area contributed by atoms with Crippen molar-refractivity contribution in [3.8, 4) is 17.3 Å². The molecule has 1 aromatic carbocycles. The molecule has 9 nitrogen and oxygen atoms in total. The van der Waals surface area contributed by atoms with Crippen LogP contribution in [0.2, 0.25) is 0 Å². The van der Waals surface area contributed by atoms with Gasteiger partial charge in [-0.15, -0.1) is 0 Å². The molecule has 1 N–H and O–H groups in total. The van der Waals surface area contributed by atoms with Gasteiger partial charge in [0.25, 0.3) is 0 Å². The Hall–Kier alpha value is -3.67. The number of nitrogens with one attached hydrogen (secondary N) is 1. The van der Waals surface area contributed by atoms with Gasteiger partial charge in [-0.1, -0.05) is 0 Å². The number of hydrogen-bond acceptors (Lipinski definition) is 8. The first kappa shape index (κ1) is 23.0. The average Bonchev–Trinajstić information content (AvgIpc) is 3.21. The van der Waals surface area contributed by atoms with Crippen LogP contribution in [0.25, 0.3) is 5.69 Å². The van der Waals surface area contributed by atoms with Gasteiger partial charge >= 0.3 is 6.18 Å². The summed E-state index contributed by atoms with van der Waals surface area (Å²) < 4.78 is 53.9. The molecule has 0 saturated heterocycles. The maximum absolute atomic E-state index is 12.3. The zero-order valence-corrected chi connectivity index (χ0v) is 17.4. The molecule has 0 saturated carbocycles. The molecule has 0 unspecified atom stereocenters. The minimum Gasteiger partial charge on any atom is -0.494 e. The lowest BCUT2D eigenvalue weighted by atomic mass is 10.2. The molecule has 3 rings (SSSR count). The molecule has 0 bridgehead atoms. The number of methoxy groups -OCH3 is 2. The number of imidazole rings is 1. The van der Waals surface area contributed by atoms with E-state index in [9.17, 15) is 18.0 Å². The number of Topliss-reactive ketones (excluding diaryl/α,β-unsaturated/α-hetero) is 1. The Morgan fingerprint density at radius 3 is 2.56 bits per heavy atom. The van der Waals surface area contributed by atoms with Crippen molar-refractivity contribution in [2.75, 3.05) is 26.1 Å². The Bertz CT molecular complexity index is 1100. The topological polar surface area (TPSA) is 100 Å². The number of anilines is 2. The molecule has 3 aromatic rings. The zero-order valence-electron chi connectivity index (χ0n) is 17.4. The van der Waals surface area contributed by atoms with E-state index in [2.05, 4.69) is 25.0 Å². The molecule has 0 spiro atoms. The van der Waals surface area contributed by atoms with E-state index >= 15 is 0 Å². The van der Waals surface area contributed by atoms with Crippen LogP contribution in [-0.4, -0.2) is 52.3 Å². The van der Waals surface area contributed by atoms with Crippen molar-refractivity contribution in [2.24, 2.45) is 0 Å². The fraction of sp³-hybridized carbons (Fsp3) is 0.300. The Labute approximate surface area is 181 Å². The number of alkyl halides is 3. The normalized spacial score (nSPS) is 11.3. The smallest absolute Gasteiger partial charge is 0.411 e. The second-order valence-corrected chi connectivity index (χ2v) is 6.57. The molecular weight excluding hydrogens is 431 g/mol. The van der Waals surface area contributed by atoms with E-state index in [1.807, 2.05) is 0 Å². The Morgan fingerprint density at radius 2 is 1.94 bits per heavy atom. The molecule has 0 aliphatic heterocycles. The largest absolute Gasteiger partial charge is 0.494 e. The van der Waals surface area contributed by atoms with Crippen LogP contribution in [0, 0.1) is 0 Å². The summed E-state index contributed by atoms with van der Waals surface area (Å²) in [5.74, 6) is 0.590. The number of aromatic nitrogens is 4. The number of nitrogens with zero attached hydrogens (tertiary/aromatic N) is 4. The summed E-state index contributed by atoms with van der Waals surface area (Å²) in [6.45, 7) is -0.557. The molecule has 12 heteroatoms. The Balaban J connectivity index is 1.84. The van der Waals surface area contributed by atoms with E-state index in [4.69, 9.17) is 9.47 Å². The molecule has 0 fully saturated rings. The minimum atomic E-state index is -4.46. The van der Waals surface area contributed by atoms with Gasteiger partial charge < -0.3 is 19.5 Å². The minimum absolute atomic E-state index is 0.0300. The second-order valence-electron chi connectivity index (χ2n) is 6.57. The summed E-state index contributed by atoms with van der Waals surface area (Å²) in [7, 11) is 3.01. The molecule has 0 aliphatic rings. The molecule has 0 radical (unpaired) electrons. The molecule has 170 valence electrons. The van der Waals surface area contributed by atoms with E-state index in [0.717, 1.165) is 0 Å². The van der Waals surface area contributed by atoms with Crippen molar-refractivity contribution in [2.45, 2.75) is 19.7 Å². The number of benzene rings is 1. The first-order valence-corrected chi connectivity index (χ1v) is 9.25. The van der Waals surface area contributed by atoms with E-state index < -0.39 is 19.4 Å². The van der Waals surface area contributed by atoms with Crippen LogP contribution in [0.4, 0.5) is 24.8 Å². The van der Waals surface area contributed by atoms with E-state index in [1.165, 1.54) is 27.2 Å². The van der Waals surface area contributed by atoms with Gasteiger partial charge in [0.05, 0.1) is 38.4 Å². The predicted octanol–water partition coefficient (Wildman–Crippen LogP) is 3.70. The third-order valence-electron chi connectivity index (χ3n) is 4.14. The maximum Gasteiger partial charge on any atom is 0.411 e. The summed E-state index contributed by atoms with van der Waals surface area (Å²) in [6, 6.07) is 6.43. The summed E-state index contributed by atoms with van der Waals surface area (Å²) in [4.78, 5) is 24.1. The van der Waals surface area contributed by atoms with Crippen molar-refractivity contribution >= 4 is 17.4 Å². The SMILES string of the molecule is COc1cn(-c2ccc(Nc3nc(COCC(F)(F)F)cc(C(C)=O)n3)cc2OC)cn1. The number of carbonyl (C=O) groups is 1. The molecule has 0 amide bonds. The third kappa shape index (κ3) is 5.94. The van der Waals surface area contributed by atoms with Crippen LogP contribution in [0.3, 0.4) is 0 Å². The van der Waals surface area contributed by atoms with Crippen molar-refractivity contribution in [1.29, 1.82) is 0 Å². The fourth-order valence-electron chi connectivity index (χ4n) is 2.72. The van der Waals surface area contributed by atoms with Gasteiger partial charge in [0.15, 0.2) is 5.78 Å². The highest BCUT2D eigenvalue weighted by molar-refractivity contribution is 5.92. The van der Waals surface area contributed by atoms with Crippen LogP contribution < -0.4 is 14.8 Å². The quantitative estimate of drug-likeness (QED) is 0.492. The second kappa shape index (κ2) is 9.64. The van der Waals surface area contributed by atoms with Gasteiger partial charge in [0.2, 0.25) is 11.8 Å². The van der Waals surface area contributed by atoms with Crippen molar-refractivity contribution in [1.82, 2.24) is 19.5 Å². The first-order valence-electron chi connectivity index (χ1n) is 9.25. The summed E-state index contributed by atoms with van der Waals surface area (Å²) >= 11 is 0. The summed E-state index contributed by atoms with van der Waals surface area (Å²) in [6.07, 6.45) is -1.22. The van der Waals surface area contributed by atoms with Gasteiger partial charge in [-0.3, -0.25) is 9.36 Å². The van der Waals surface area contributed by atoms with Crippen molar-refractivity contribution < 1.29 is 32.2 Å². The summed E-state index contributed by atoms with van der Waals surface area (Å²) in [5.41, 5.74) is 1.39. The van der Waals surface area contributed by atoms with Crippen LogP contribution in [0.15, 0.2) is 36.8 Å². The van der Waals surface area contributed by atoms with Crippen LogP contribution in [-0.2, 0) is 11.3 Å². The van der Waals surface area contributed by atoms with Crippen LogP contribution >= 0.6 is 0 Å². The van der Waals surface area contributed by atoms with Gasteiger partial charge in [-0.25, -0.2) is 15.0 Å². The number of rotatable bonds is 9. The molecule has 2 heterocycles. The van der Waals surface area contributed by atoms with Crippen LogP contribution in [0.5, 0.6) is 11.6 Å². The lowest BCUT2D eigenvalue weighted by Gasteiger charge is -2.13. The van der Waals surface area contributed by atoms with Crippen LogP contribution in [0.1, 0.15) is 23.1 Å². The highest BCUT2D eigenvalue weighted by Gasteiger charge is 2.27. The molecule has 2 aromatic heterocycles. The lowest BCUT2D eigenvalue weighted by Crippen LogP contribution is -2.17. The van der Waals surface area contributed by atoms with E-state index in [0.29, 0.717) is 23.0 Å². The highest BCUT2D eigenvalue weighted by Crippen LogP contribution is 2.29. The zero-order chi connectivity index (χ0) is 23.3. The monoisotopic (exact) mass is 451 g/mol. The third-order valence-corrected chi connectivity index (χ3v) is 4.14. The molecule has 0 atom stereocenters. The fourth-order valence-corrected chi connectivity index (χ4v) is 2.72. The molecule has 0 aliphatic carbocycles. The lowest BCUT2D eigenvalue weighted by molar-refractivity contribution is -0.176. The molecular formula is C20H20F3N5O4. The van der Waals surface area contributed by atoms with Crippen molar-refractivity contribution in [3.63, 3.8) is 0 Å². The average molecular weight is 451 g/mol. The van der Waals surface area contributed by atoms with Crippen molar-refractivity contribution in [3.05, 3.63) is 48.2 Å². The van der Waals surface area contributed by atoms with Gasteiger partial charge in [-0.2, -0.15) is 13.2 Å². The Morgan fingerprint density at radius 1 is 1.16 bits per heavy atom. The van der Waals surface area contributed by atoms with Gasteiger partial charge in [0, 0.05) is 18.7 Å². The summed E-state index contributed by atoms with van der Waals surface area (Å²) in [5, 5.41) is 2.93. The van der Waals surface area contributed by atoms with E-state index in [1.54, 1.807) is 35.3 Å². The maximum atomic E-state index is 12.3. The Kier molecular flexibility index (Phi) is 6.93. The number of hydrogen-bond donors (Lipinski definition) is 1. The first-order chi connectivity index (χ1) is 15.2. The standard InChI is InChI=1S/C20H20F3N5O4/c1-12(29)15-6-14(9-32-10-20(21,22)23)26-19(27-15)25-13-4-5-16(17(7-13)30-2)28-8-18(31-3)24-11-28/h4-8,11H,9-10H2,1-3H3,(H,25,26,27). The number of carbonyl (C=O) groups excluding carboxylic acids is 1. The molecule has 32 heavy (non-hydrogen) atoms. The predicted molar refractivity (Wildman–Crippen MR) is 108 cm³/mol. The highest BCUT2D eigenvalue weighted by atomic mass is 19.4. The van der Waals surface area contributed by atoms with E-state index in [-0.39, 0.29) is 23.1 Å². The number of halogens is 3. The van der Waals surface area contributed by atoms with Gasteiger partial charge in [0.1, 0.15) is 24.4 Å².